The van der Waals surface area contributed by atoms with Crippen molar-refractivity contribution in [1.29, 1.82) is 0 Å². The van der Waals surface area contributed by atoms with Crippen LogP contribution in [0, 0.1) is 0 Å². The predicted octanol–water partition coefficient (Wildman–Crippen LogP) is 3.28. The molecule has 10 heteroatoms. The van der Waals surface area contributed by atoms with Crippen molar-refractivity contribution >= 4 is 27.4 Å². The summed E-state index contributed by atoms with van der Waals surface area (Å²) in [6.45, 7) is -0.722. The molecular formula is C22H22FN5O3S. The van der Waals surface area contributed by atoms with E-state index in [1.807, 2.05) is 0 Å². The molecule has 1 saturated carbocycles. The van der Waals surface area contributed by atoms with Crippen LogP contribution in [-0.2, 0) is 14.6 Å². The molecule has 8 nitrogen and oxygen atoms in total. The fourth-order valence-electron chi connectivity index (χ4n) is 3.47. The van der Waals surface area contributed by atoms with E-state index in [9.17, 15) is 17.6 Å². The number of alkyl halides is 1. The number of carbonyl (C=O) groups excluding carboxylic acids is 1. The molecule has 166 valence electrons. The summed E-state index contributed by atoms with van der Waals surface area (Å²) < 4.78 is 37.7. The van der Waals surface area contributed by atoms with Gasteiger partial charge in [0.15, 0.2) is 15.7 Å². The average Bonchev–Trinajstić information content (AvgIpc) is 3.61. The highest BCUT2D eigenvalue weighted by Crippen LogP contribution is 2.54. The van der Waals surface area contributed by atoms with Crippen molar-refractivity contribution in [1.82, 2.24) is 15.3 Å². The highest BCUT2D eigenvalue weighted by Gasteiger charge is 2.57. The highest BCUT2D eigenvalue weighted by atomic mass is 32.2. The summed E-state index contributed by atoms with van der Waals surface area (Å²) in [4.78, 5) is 20.7. The number of aromatic nitrogens is 2. The normalized spacial score (nSPS) is 14.5. The third kappa shape index (κ3) is 4.13. The summed E-state index contributed by atoms with van der Waals surface area (Å²) in [5, 5.41) is 4.96. The Hall–Kier alpha value is -3.53. The molecule has 32 heavy (non-hydrogen) atoms. The zero-order valence-corrected chi connectivity index (χ0v) is 17.9. The van der Waals surface area contributed by atoms with E-state index in [2.05, 4.69) is 20.6 Å². The van der Waals surface area contributed by atoms with E-state index in [1.54, 1.807) is 54.6 Å². The predicted molar refractivity (Wildman–Crippen MR) is 119 cm³/mol. The number of nitrogens with one attached hydrogen (secondary N) is 2. The number of anilines is 2. The first-order chi connectivity index (χ1) is 15.4. The van der Waals surface area contributed by atoms with Crippen LogP contribution in [0.25, 0.3) is 11.4 Å². The van der Waals surface area contributed by atoms with Crippen LogP contribution in [-0.4, -0.2) is 37.6 Å². The molecule has 0 aliphatic heterocycles. The van der Waals surface area contributed by atoms with Crippen molar-refractivity contribution in [3.05, 3.63) is 66.4 Å². The van der Waals surface area contributed by atoms with E-state index in [0.29, 0.717) is 35.6 Å². The maximum absolute atomic E-state index is 13.3. The van der Waals surface area contributed by atoms with Gasteiger partial charge < -0.3 is 16.4 Å². The topological polar surface area (TPSA) is 127 Å². The Labute approximate surface area is 185 Å². The summed E-state index contributed by atoms with van der Waals surface area (Å²) in [7, 11) is -3.65. The number of hydrogen-bond acceptors (Lipinski definition) is 6. The number of nitrogens with zero attached hydrogens (tertiary/aromatic N) is 2. The van der Waals surface area contributed by atoms with Crippen molar-refractivity contribution < 1.29 is 17.6 Å². The quantitative estimate of drug-likeness (QED) is 0.502. The standard InChI is InChI=1S/C22H22FN5O3S/c23-12-13-25-21(29)26-16-8-6-15(7-9-16)20-27-18(14-19(24)28-20)22(10-11-22)32(30,31)17-4-2-1-3-5-17/h1-9,14H,10-13H2,(H2,24,27,28)(H2,25,26,29). The highest BCUT2D eigenvalue weighted by molar-refractivity contribution is 7.92. The Morgan fingerprint density at radius 2 is 1.75 bits per heavy atom. The van der Waals surface area contributed by atoms with Crippen molar-refractivity contribution in [2.45, 2.75) is 22.5 Å². The van der Waals surface area contributed by atoms with Gasteiger partial charge in [-0.25, -0.2) is 27.6 Å². The minimum Gasteiger partial charge on any atom is -0.384 e. The van der Waals surface area contributed by atoms with Crippen LogP contribution in [0.5, 0.6) is 0 Å². The number of halogens is 1. The zero-order valence-electron chi connectivity index (χ0n) is 17.1. The molecule has 0 radical (unpaired) electrons. The van der Waals surface area contributed by atoms with Gasteiger partial charge in [-0.2, -0.15) is 0 Å². The van der Waals surface area contributed by atoms with Crippen molar-refractivity contribution in [2.24, 2.45) is 0 Å². The third-order valence-electron chi connectivity index (χ3n) is 5.27. The van der Waals surface area contributed by atoms with Crippen molar-refractivity contribution in [3.63, 3.8) is 0 Å². The number of amides is 2. The summed E-state index contributed by atoms with van der Waals surface area (Å²) in [5.41, 5.74) is 7.49. The lowest BCUT2D eigenvalue weighted by molar-refractivity contribution is 0.251. The van der Waals surface area contributed by atoms with E-state index in [0.717, 1.165) is 0 Å². The summed E-state index contributed by atoms with van der Waals surface area (Å²) in [6.07, 6.45) is 0.911. The number of hydrogen-bond donors (Lipinski definition) is 3. The van der Waals surface area contributed by atoms with Crippen molar-refractivity contribution in [2.75, 3.05) is 24.3 Å². The number of rotatable bonds is 7. The van der Waals surface area contributed by atoms with Gasteiger partial charge >= 0.3 is 6.03 Å². The number of carbonyl (C=O) groups is 1. The van der Waals surface area contributed by atoms with Gasteiger partial charge in [0.05, 0.1) is 10.6 Å². The average molecular weight is 456 g/mol. The molecule has 1 heterocycles. The summed E-state index contributed by atoms with van der Waals surface area (Å²) >= 11 is 0. The number of urea groups is 1. The summed E-state index contributed by atoms with van der Waals surface area (Å²) in [5.74, 6) is 0.468. The molecule has 3 aromatic rings. The first-order valence-electron chi connectivity index (χ1n) is 10.0. The lowest BCUT2D eigenvalue weighted by Gasteiger charge is -2.17. The Bertz CT molecular complexity index is 1230. The second-order valence-corrected chi connectivity index (χ2v) is 9.72. The first-order valence-corrected chi connectivity index (χ1v) is 11.5. The smallest absolute Gasteiger partial charge is 0.319 e. The van der Waals surface area contributed by atoms with Crippen LogP contribution >= 0.6 is 0 Å². The number of sulfone groups is 1. The second-order valence-electron chi connectivity index (χ2n) is 7.46. The molecular weight excluding hydrogens is 433 g/mol. The van der Waals surface area contributed by atoms with Crippen LogP contribution < -0.4 is 16.4 Å². The molecule has 0 spiro atoms. The van der Waals surface area contributed by atoms with Gasteiger partial charge in [0.1, 0.15) is 17.2 Å². The lowest BCUT2D eigenvalue weighted by atomic mass is 10.1. The third-order valence-corrected chi connectivity index (χ3v) is 7.80. The van der Waals surface area contributed by atoms with Crippen LogP contribution in [0.4, 0.5) is 20.7 Å². The maximum atomic E-state index is 13.3. The molecule has 2 aromatic carbocycles. The Balaban J connectivity index is 1.62. The van der Waals surface area contributed by atoms with Crippen LogP contribution in [0.1, 0.15) is 18.5 Å². The minimum atomic E-state index is -3.65. The maximum Gasteiger partial charge on any atom is 0.319 e. The Morgan fingerprint density at radius 3 is 2.38 bits per heavy atom. The number of nitrogens with two attached hydrogens (primary N) is 1. The summed E-state index contributed by atoms with van der Waals surface area (Å²) in [6, 6.07) is 16.0. The van der Waals surface area contributed by atoms with E-state index in [-0.39, 0.29) is 17.3 Å². The SMILES string of the molecule is Nc1cc(C2(S(=O)(=O)c3ccccc3)CC2)nc(-c2ccc(NC(=O)NCCF)cc2)n1. The Morgan fingerprint density at radius 1 is 1.06 bits per heavy atom. The first kappa shape index (κ1) is 21.7. The van der Waals surface area contributed by atoms with Gasteiger partial charge in [-0.3, -0.25) is 0 Å². The molecule has 0 saturated heterocycles. The number of benzene rings is 2. The van der Waals surface area contributed by atoms with Gasteiger partial charge in [-0.1, -0.05) is 18.2 Å². The minimum absolute atomic E-state index is 0.0720. The van der Waals surface area contributed by atoms with Gasteiger partial charge in [0, 0.05) is 23.9 Å². The second kappa shape index (κ2) is 8.54. The molecule has 0 unspecified atom stereocenters. The van der Waals surface area contributed by atoms with Crippen LogP contribution in [0.2, 0.25) is 0 Å². The fourth-order valence-corrected chi connectivity index (χ4v) is 5.45. The lowest BCUT2D eigenvalue weighted by Crippen LogP contribution is -2.30. The van der Waals surface area contributed by atoms with Gasteiger partial charge in [-0.15, -0.1) is 0 Å². The number of nitrogen functional groups attached to an aromatic ring is 1. The molecule has 1 aliphatic rings. The fraction of sp³-hybridized carbons (Fsp3) is 0.227. The molecule has 0 atom stereocenters. The molecule has 1 aliphatic carbocycles. The molecule has 1 fully saturated rings. The molecule has 0 bridgehead atoms. The van der Waals surface area contributed by atoms with E-state index in [1.165, 1.54) is 6.07 Å². The molecule has 4 rings (SSSR count). The van der Waals surface area contributed by atoms with Gasteiger partial charge in [-0.05, 0) is 49.2 Å². The molecule has 2 amide bonds. The van der Waals surface area contributed by atoms with E-state index < -0.39 is 27.3 Å². The van der Waals surface area contributed by atoms with Gasteiger partial charge in [0.2, 0.25) is 0 Å². The monoisotopic (exact) mass is 455 g/mol. The van der Waals surface area contributed by atoms with E-state index in [4.69, 9.17) is 5.73 Å². The van der Waals surface area contributed by atoms with Gasteiger partial charge in [0.25, 0.3) is 0 Å². The Kier molecular flexibility index (Phi) is 5.79. The molecule has 1 aromatic heterocycles. The van der Waals surface area contributed by atoms with E-state index >= 15 is 0 Å². The van der Waals surface area contributed by atoms with Crippen LogP contribution in [0.15, 0.2) is 65.6 Å². The zero-order chi connectivity index (χ0) is 22.8. The van der Waals surface area contributed by atoms with Crippen LogP contribution in [0.3, 0.4) is 0 Å². The molecule has 4 N–H and O–H groups in total. The van der Waals surface area contributed by atoms with Crippen molar-refractivity contribution in [3.8, 4) is 11.4 Å². The largest absolute Gasteiger partial charge is 0.384 e.